The van der Waals surface area contributed by atoms with Crippen LogP contribution in [0.15, 0.2) is 48.5 Å². The predicted molar refractivity (Wildman–Crippen MR) is 133 cm³/mol. The number of likely N-dealkylation sites (tertiary alicyclic amines) is 1. The maximum atomic E-state index is 13.1. The number of aliphatic carboxylic acids is 1. The summed E-state index contributed by atoms with van der Waals surface area (Å²) in [5, 5.41) is 9.41. The number of rotatable bonds is 7. The lowest BCUT2D eigenvalue weighted by Gasteiger charge is -2.44. The third kappa shape index (κ3) is 5.34. The summed E-state index contributed by atoms with van der Waals surface area (Å²) < 4.78 is 5.66. The van der Waals surface area contributed by atoms with Crippen molar-refractivity contribution < 1.29 is 24.2 Å². The molecule has 1 heterocycles. The molecule has 2 aromatic carbocycles. The molecule has 1 N–H and O–H groups in total. The van der Waals surface area contributed by atoms with Crippen LogP contribution >= 0.6 is 0 Å². The summed E-state index contributed by atoms with van der Waals surface area (Å²) in [6, 6.07) is 15.0. The van der Waals surface area contributed by atoms with Gasteiger partial charge in [0.05, 0.1) is 6.42 Å². The molecule has 7 nitrogen and oxygen atoms in total. The number of fused-ring (bicyclic) bond motifs is 3. The highest BCUT2D eigenvalue weighted by atomic mass is 16.6. The molecule has 1 aliphatic heterocycles. The average molecular weight is 479 g/mol. The van der Waals surface area contributed by atoms with Crippen molar-refractivity contribution in [3.8, 4) is 11.1 Å². The van der Waals surface area contributed by atoms with E-state index in [1.54, 1.807) is 4.90 Å². The highest BCUT2D eigenvalue weighted by Gasteiger charge is 2.40. The Hall–Kier alpha value is -3.35. The van der Waals surface area contributed by atoms with Crippen molar-refractivity contribution in [2.75, 3.05) is 26.7 Å². The summed E-state index contributed by atoms with van der Waals surface area (Å²) in [7, 11) is 1.44. The van der Waals surface area contributed by atoms with Gasteiger partial charge < -0.3 is 14.7 Å². The maximum absolute atomic E-state index is 13.1. The molecule has 1 aliphatic carbocycles. The van der Waals surface area contributed by atoms with Crippen LogP contribution in [-0.4, -0.2) is 65.7 Å². The lowest BCUT2D eigenvalue weighted by molar-refractivity contribution is -0.149. The molecule has 0 saturated carbocycles. The molecular formula is C28H34N2O5. The second kappa shape index (κ2) is 9.72. The minimum absolute atomic E-state index is 0.109. The van der Waals surface area contributed by atoms with Crippen molar-refractivity contribution in [3.05, 3.63) is 59.7 Å². The minimum Gasteiger partial charge on any atom is -0.481 e. The number of hydrogen-bond donors (Lipinski definition) is 1. The number of carboxylic acid groups (broad SMARTS) is 1. The van der Waals surface area contributed by atoms with E-state index in [-0.39, 0.29) is 23.8 Å². The van der Waals surface area contributed by atoms with E-state index in [2.05, 4.69) is 32.9 Å². The molecule has 0 spiro atoms. The van der Waals surface area contributed by atoms with Gasteiger partial charge in [-0.25, -0.2) is 4.79 Å². The van der Waals surface area contributed by atoms with E-state index in [0.29, 0.717) is 19.0 Å². The maximum Gasteiger partial charge on any atom is 0.410 e. The number of carbonyl (C=O) groups is 3. The molecule has 0 unspecified atom stereocenters. The Morgan fingerprint density at radius 2 is 1.57 bits per heavy atom. The molecule has 4 rings (SSSR count). The topological polar surface area (TPSA) is 87.1 Å². The summed E-state index contributed by atoms with van der Waals surface area (Å²) in [5.41, 5.74) is 4.59. The van der Waals surface area contributed by atoms with Crippen LogP contribution in [0.25, 0.3) is 11.1 Å². The summed E-state index contributed by atoms with van der Waals surface area (Å²) in [6.45, 7) is 7.78. The fourth-order valence-corrected chi connectivity index (χ4v) is 5.33. The van der Waals surface area contributed by atoms with Gasteiger partial charge in [-0.3, -0.25) is 14.5 Å². The second-order valence-electron chi connectivity index (χ2n) is 10.9. The number of nitrogens with zero attached hydrogens (tertiary/aromatic N) is 2. The molecule has 186 valence electrons. The third-order valence-electron chi connectivity index (χ3n) is 6.91. The van der Waals surface area contributed by atoms with Crippen LogP contribution in [0, 0.1) is 11.3 Å². The standard InChI is InChI=1S/C28H34N2O5/c1-28(2,3)14-18-15-30(16-18)26(33)24(13-25(31)32)29(4)27(34)35-17-23-21-11-7-5-9-19(21)20-10-6-8-12-22(20)23/h5-12,18,23-24H,13-17H2,1-4H3,(H,31,32)/t24-/m0/s1. The van der Waals surface area contributed by atoms with E-state index >= 15 is 0 Å². The summed E-state index contributed by atoms with van der Waals surface area (Å²) in [4.78, 5) is 40.4. The van der Waals surface area contributed by atoms with E-state index in [1.807, 2.05) is 36.4 Å². The van der Waals surface area contributed by atoms with Crippen molar-refractivity contribution >= 4 is 18.0 Å². The lowest BCUT2D eigenvalue weighted by atomic mass is 9.81. The first-order chi connectivity index (χ1) is 16.5. The number of amides is 2. The molecule has 2 aromatic rings. The normalized spacial score (nSPS) is 16.2. The number of carboxylic acids is 1. The fourth-order valence-electron chi connectivity index (χ4n) is 5.33. The van der Waals surface area contributed by atoms with Crippen molar-refractivity contribution in [2.24, 2.45) is 11.3 Å². The van der Waals surface area contributed by atoms with E-state index < -0.39 is 24.5 Å². The number of carbonyl (C=O) groups excluding carboxylic acids is 2. The van der Waals surface area contributed by atoms with Crippen LogP contribution in [0.4, 0.5) is 4.79 Å². The van der Waals surface area contributed by atoms with Gasteiger partial charge in [0, 0.05) is 26.1 Å². The van der Waals surface area contributed by atoms with Crippen LogP contribution in [-0.2, 0) is 14.3 Å². The largest absolute Gasteiger partial charge is 0.481 e. The first-order valence-electron chi connectivity index (χ1n) is 12.1. The Bertz CT molecular complexity index is 1070. The monoisotopic (exact) mass is 478 g/mol. The van der Waals surface area contributed by atoms with Crippen LogP contribution in [0.3, 0.4) is 0 Å². The predicted octanol–water partition coefficient (Wildman–Crippen LogP) is 4.61. The zero-order valence-electron chi connectivity index (χ0n) is 20.9. The molecular weight excluding hydrogens is 444 g/mol. The van der Waals surface area contributed by atoms with Gasteiger partial charge in [0.15, 0.2) is 0 Å². The summed E-state index contributed by atoms with van der Waals surface area (Å²) in [5.74, 6) is -1.19. The molecule has 7 heteroatoms. The number of ether oxygens (including phenoxy) is 1. The highest BCUT2D eigenvalue weighted by Crippen LogP contribution is 2.44. The first kappa shape index (κ1) is 24.8. The van der Waals surface area contributed by atoms with Gasteiger partial charge in [-0.1, -0.05) is 69.3 Å². The second-order valence-corrected chi connectivity index (χ2v) is 10.9. The molecule has 0 bridgehead atoms. The molecule has 2 amide bonds. The highest BCUT2D eigenvalue weighted by molar-refractivity contribution is 5.89. The molecule has 0 aromatic heterocycles. The van der Waals surface area contributed by atoms with E-state index in [9.17, 15) is 19.5 Å². The SMILES string of the molecule is CN(C(=O)OCC1c2ccccc2-c2ccccc21)[C@@H](CC(=O)O)C(=O)N1CC(CC(C)(C)C)C1. The van der Waals surface area contributed by atoms with Crippen molar-refractivity contribution in [1.82, 2.24) is 9.80 Å². The Balaban J connectivity index is 1.42. The average Bonchev–Trinajstić information content (AvgIpc) is 3.10. The fraction of sp³-hybridized carbons (Fsp3) is 0.464. The van der Waals surface area contributed by atoms with Gasteiger partial charge in [-0.2, -0.15) is 0 Å². The molecule has 2 aliphatic rings. The smallest absolute Gasteiger partial charge is 0.410 e. The van der Waals surface area contributed by atoms with Crippen LogP contribution in [0.1, 0.15) is 50.7 Å². The van der Waals surface area contributed by atoms with E-state index in [0.717, 1.165) is 33.6 Å². The Morgan fingerprint density at radius 1 is 1.03 bits per heavy atom. The quantitative estimate of drug-likeness (QED) is 0.628. The first-order valence-corrected chi connectivity index (χ1v) is 12.1. The molecule has 1 fully saturated rings. The van der Waals surface area contributed by atoms with Crippen molar-refractivity contribution in [3.63, 3.8) is 0 Å². The van der Waals surface area contributed by atoms with E-state index in [1.165, 1.54) is 7.05 Å². The molecule has 1 saturated heterocycles. The van der Waals surface area contributed by atoms with Gasteiger partial charge >= 0.3 is 12.1 Å². The van der Waals surface area contributed by atoms with Gasteiger partial charge in [-0.15, -0.1) is 0 Å². The van der Waals surface area contributed by atoms with Crippen molar-refractivity contribution in [2.45, 2.75) is 45.6 Å². The number of hydrogen-bond acceptors (Lipinski definition) is 4. The Morgan fingerprint density at radius 3 is 2.09 bits per heavy atom. The number of likely N-dealkylation sites (N-methyl/N-ethyl adjacent to an activating group) is 1. The lowest BCUT2D eigenvalue weighted by Crippen LogP contribution is -2.58. The minimum atomic E-state index is -1.13. The molecule has 35 heavy (non-hydrogen) atoms. The van der Waals surface area contributed by atoms with Gasteiger partial charge in [-0.05, 0) is 40.0 Å². The Labute approximate surface area is 206 Å². The van der Waals surface area contributed by atoms with E-state index in [4.69, 9.17) is 4.74 Å². The number of benzene rings is 2. The molecule has 0 radical (unpaired) electrons. The van der Waals surface area contributed by atoms with Gasteiger partial charge in [0.1, 0.15) is 12.6 Å². The zero-order valence-corrected chi connectivity index (χ0v) is 20.9. The summed E-state index contributed by atoms with van der Waals surface area (Å²) in [6.07, 6.45) is -0.166. The van der Waals surface area contributed by atoms with Crippen molar-refractivity contribution in [1.29, 1.82) is 0 Å². The van der Waals surface area contributed by atoms with Crippen LogP contribution in [0.5, 0.6) is 0 Å². The zero-order chi connectivity index (χ0) is 25.3. The van der Waals surface area contributed by atoms with Gasteiger partial charge in [0.25, 0.3) is 0 Å². The third-order valence-corrected chi connectivity index (χ3v) is 6.91. The molecule has 1 atom stereocenters. The summed E-state index contributed by atoms with van der Waals surface area (Å²) >= 11 is 0. The van der Waals surface area contributed by atoms with Crippen LogP contribution < -0.4 is 0 Å². The van der Waals surface area contributed by atoms with Gasteiger partial charge in [0.2, 0.25) is 5.91 Å². The Kier molecular flexibility index (Phi) is 6.88. The van der Waals surface area contributed by atoms with Crippen LogP contribution in [0.2, 0.25) is 0 Å².